The molecule has 0 fully saturated rings. The van der Waals surface area contributed by atoms with Crippen molar-refractivity contribution in [2.45, 2.75) is 27.2 Å². The molecule has 0 aromatic rings. The zero-order chi connectivity index (χ0) is 15.4. The van der Waals surface area contributed by atoms with Crippen LogP contribution in [0.25, 0.3) is 0 Å². The van der Waals surface area contributed by atoms with Gasteiger partial charge in [0.25, 0.3) is 0 Å². The van der Waals surface area contributed by atoms with Gasteiger partial charge in [0.15, 0.2) is 0 Å². The summed E-state index contributed by atoms with van der Waals surface area (Å²) in [4.78, 5) is 13.9. The average molecular weight is 274 g/mol. The van der Waals surface area contributed by atoms with Crippen molar-refractivity contribution in [3.8, 4) is 0 Å². The van der Waals surface area contributed by atoms with E-state index in [0.29, 0.717) is 18.4 Å². The quantitative estimate of drug-likeness (QED) is 0.725. The number of allylic oxidation sites excluding steroid dienone is 1. The molecule has 1 N–H and O–H groups in total. The van der Waals surface area contributed by atoms with Crippen LogP contribution >= 0.6 is 0 Å². The van der Waals surface area contributed by atoms with Gasteiger partial charge in [-0.3, -0.25) is 0 Å². The Kier molecular flexibility index (Phi) is 12.3. The van der Waals surface area contributed by atoms with Crippen molar-refractivity contribution in [2.24, 2.45) is 0 Å². The van der Waals surface area contributed by atoms with Crippen LogP contribution in [-0.2, 0) is 4.79 Å². The van der Waals surface area contributed by atoms with Gasteiger partial charge in [-0.2, -0.15) is 0 Å². The Morgan fingerprint density at radius 1 is 1.32 bits per heavy atom. The molecule has 19 heavy (non-hydrogen) atoms. The van der Waals surface area contributed by atoms with E-state index in [2.05, 4.69) is 11.5 Å². The summed E-state index contributed by atoms with van der Waals surface area (Å²) in [6.45, 7) is 11.6. The van der Waals surface area contributed by atoms with E-state index in [-0.39, 0.29) is 5.57 Å². The minimum atomic E-state index is -0.900. The molecule has 0 atom stereocenters. The molecule has 0 unspecified atom stereocenters. The third-order valence-electron chi connectivity index (χ3n) is 2.58. The van der Waals surface area contributed by atoms with Gasteiger partial charge in [-0.15, -0.1) is 0 Å². The predicted molar refractivity (Wildman–Crippen MR) is 77.7 cm³/mol. The van der Waals surface area contributed by atoms with E-state index in [0.717, 1.165) is 19.6 Å². The van der Waals surface area contributed by atoms with Crippen molar-refractivity contribution in [1.29, 1.82) is 0 Å². The van der Waals surface area contributed by atoms with Crippen LogP contribution in [0, 0.1) is 0 Å². The van der Waals surface area contributed by atoms with Crippen molar-refractivity contribution >= 4 is 5.97 Å². The van der Waals surface area contributed by atoms with Crippen LogP contribution in [-0.4, -0.2) is 54.6 Å². The minimum absolute atomic E-state index is 0.264. The van der Waals surface area contributed by atoms with Crippen LogP contribution in [0.2, 0.25) is 0 Å². The van der Waals surface area contributed by atoms with E-state index in [4.69, 9.17) is 5.11 Å². The molecule has 5 heteroatoms. The normalized spacial score (nSPS) is 10.8. The molecule has 0 saturated carbocycles. The molecule has 0 aromatic heterocycles. The van der Waals surface area contributed by atoms with E-state index in [1.807, 2.05) is 25.9 Å². The Morgan fingerprint density at radius 2 is 1.84 bits per heavy atom. The van der Waals surface area contributed by atoms with Gasteiger partial charge in [0.05, 0.1) is 0 Å². The fourth-order valence-electron chi connectivity index (χ4n) is 1.12. The Hall–Kier alpha value is -1.36. The Balaban J connectivity index is 0. The number of carboxylic acids is 1. The lowest BCUT2D eigenvalue weighted by Crippen LogP contribution is -2.30. The van der Waals surface area contributed by atoms with Crippen molar-refractivity contribution in [1.82, 2.24) is 9.80 Å². The molecule has 0 radical (unpaired) electrons. The molecule has 0 amide bonds. The number of likely N-dealkylation sites (N-methyl/N-ethyl adjacent to an activating group) is 2. The first-order valence-corrected chi connectivity index (χ1v) is 6.37. The molecule has 4 nitrogen and oxygen atoms in total. The predicted octanol–water partition coefficient (Wildman–Crippen LogP) is 2.74. The molecular formula is C14H27FN2O2. The van der Waals surface area contributed by atoms with Gasteiger partial charge in [0.2, 0.25) is 0 Å². The molecule has 0 rings (SSSR count). The monoisotopic (exact) mass is 274 g/mol. The minimum Gasteiger partial charge on any atom is -0.478 e. The lowest BCUT2D eigenvalue weighted by atomic mass is 10.2. The fourth-order valence-corrected chi connectivity index (χ4v) is 1.12. The van der Waals surface area contributed by atoms with Crippen molar-refractivity contribution in [3.63, 3.8) is 0 Å². The summed E-state index contributed by atoms with van der Waals surface area (Å²) >= 11 is 0. The summed E-state index contributed by atoms with van der Waals surface area (Å²) in [5.74, 6) is -0.900. The number of halogens is 1. The summed E-state index contributed by atoms with van der Waals surface area (Å²) < 4.78 is 12.1. The van der Waals surface area contributed by atoms with Crippen LogP contribution in [0.5, 0.6) is 0 Å². The maximum atomic E-state index is 12.1. The first-order valence-electron chi connectivity index (χ1n) is 6.37. The highest BCUT2D eigenvalue weighted by Gasteiger charge is 2.02. The standard InChI is InChI=1S/C9H19FN2.C5H8O2/c1-5-12(9(2)8-10)7-6-11(3)4;1-3-4(2)5(6)7/h8H,5-7H2,1-4H3;2-3H2,1H3,(H,6,7)/b9-8-;. The van der Waals surface area contributed by atoms with Crippen molar-refractivity contribution in [3.05, 3.63) is 24.2 Å². The number of aliphatic carboxylic acids is 1. The molecular weight excluding hydrogens is 247 g/mol. The Morgan fingerprint density at radius 3 is 2.05 bits per heavy atom. The van der Waals surface area contributed by atoms with Gasteiger partial charge in [-0.25, -0.2) is 9.18 Å². The van der Waals surface area contributed by atoms with Crippen molar-refractivity contribution in [2.75, 3.05) is 33.7 Å². The summed E-state index contributed by atoms with van der Waals surface area (Å²) in [5.41, 5.74) is 0.972. The highest BCUT2D eigenvalue weighted by atomic mass is 19.1. The first kappa shape index (κ1) is 20.0. The van der Waals surface area contributed by atoms with Gasteiger partial charge in [-0.1, -0.05) is 13.5 Å². The molecule has 112 valence electrons. The maximum Gasteiger partial charge on any atom is 0.330 e. The molecule has 0 aliphatic rings. The molecule has 0 aliphatic carbocycles. The highest BCUT2D eigenvalue weighted by Crippen LogP contribution is 2.02. The second-order valence-corrected chi connectivity index (χ2v) is 4.40. The first-order chi connectivity index (χ1) is 8.79. The summed E-state index contributed by atoms with van der Waals surface area (Å²) in [6, 6.07) is 0. The fraction of sp³-hybridized carbons (Fsp3) is 0.643. The number of nitrogens with zero attached hydrogens (tertiary/aromatic N) is 2. The lowest BCUT2D eigenvalue weighted by molar-refractivity contribution is -0.132. The number of hydrogen-bond donors (Lipinski definition) is 1. The summed E-state index contributed by atoms with van der Waals surface area (Å²) in [6.07, 6.45) is 1.19. The average Bonchev–Trinajstić information content (AvgIpc) is 2.38. The van der Waals surface area contributed by atoms with Gasteiger partial charge in [0, 0.05) is 30.9 Å². The molecule has 0 aromatic carbocycles. The van der Waals surface area contributed by atoms with Crippen LogP contribution in [0.1, 0.15) is 27.2 Å². The van der Waals surface area contributed by atoms with Crippen LogP contribution in [0.15, 0.2) is 24.2 Å². The second-order valence-electron chi connectivity index (χ2n) is 4.40. The number of carbonyl (C=O) groups is 1. The number of hydrogen-bond acceptors (Lipinski definition) is 3. The molecule has 0 aliphatic heterocycles. The largest absolute Gasteiger partial charge is 0.478 e. The zero-order valence-electron chi connectivity index (χ0n) is 12.7. The Labute approximate surface area is 116 Å². The molecule has 0 saturated heterocycles. The summed E-state index contributed by atoms with van der Waals surface area (Å²) in [7, 11) is 4.03. The number of carboxylic acid groups (broad SMARTS) is 1. The molecule has 0 heterocycles. The van der Waals surface area contributed by atoms with E-state index >= 15 is 0 Å². The number of rotatable bonds is 7. The van der Waals surface area contributed by atoms with E-state index < -0.39 is 5.97 Å². The summed E-state index contributed by atoms with van der Waals surface area (Å²) in [5, 5.41) is 8.08. The second kappa shape index (κ2) is 11.7. The van der Waals surface area contributed by atoms with E-state index in [9.17, 15) is 9.18 Å². The van der Waals surface area contributed by atoms with Gasteiger partial charge in [0.1, 0.15) is 6.33 Å². The van der Waals surface area contributed by atoms with Crippen LogP contribution in [0.4, 0.5) is 4.39 Å². The van der Waals surface area contributed by atoms with Crippen LogP contribution < -0.4 is 0 Å². The topological polar surface area (TPSA) is 43.8 Å². The lowest BCUT2D eigenvalue weighted by Gasteiger charge is -2.24. The molecule has 0 spiro atoms. The van der Waals surface area contributed by atoms with Gasteiger partial charge < -0.3 is 14.9 Å². The third-order valence-corrected chi connectivity index (χ3v) is 2.58. The van der Waals surface area contributed by atoms with Crippen LogP contribution in [0.3, 0.4) is 0 Å². The van der Waals surface area contributed by atoms with Gasteiger partial charge in [-0.05, 0) is 34.4 Å². The van der Waals surface area contributed by atoms with E-state index in [1.54, 1.807) is 13.8 Å². The highest BCUT2D eigenvalue weighted by molar-refractivity contribution is 5.85. The van der Waals surface area contributed by atoms with Crippen molar-refractivity contribution < 1.29 is 14.3 Å². The molecule has 0 bridgehead atoms. The van der Waals surface area contributed by atoms with Gasteiger partial charge >= 0.3 is 5.97 Å². The maximum absolute atomic E-state index is 12.1. The zero-order valence-corrected chi connectivity index (χ0v) is 12.7. The Bertz CT molecular complexity index is 302. The van der Waals surface area contributed by atoms with E-state index in [1.165, 1.54) is 0 Å². The SMILES string of the molecule is C=C(CC)C(=O)O.CCN(CCN(C)C)/C(C)=C\F. The third kappa shape index (κ3) is 11.5. The smallest absolute Gasteiger partial charge is 0.330 e.